The first kappa shape index (κ1) is 24.6. The van der Waals surface area contributed by atoms with Crippen LogP contribution in [0, 0.1) is 0 Å². The van der Waals surface area contributed by atoms with Crippen molar-refractivity contribution in [1.82, 2.24) is 4.90 Å². The van der Waals surface area contributed by atoms with Gasteiger partial charge in [0.15, 0.2) is 0 Å². The molecule has 1 aliphatic rings. The molecule has 0 unspecified atom stereocenters. The molecule has 6 nitrogen and oxygen atoms in total. The van der Waals surface area contributed by atoms with E-state index in [0.717, 1.165) is 46.5 Å². The summed E-state index contributed by atoms with van der Waals surface area (Å²) >= 11 is 0.907. The van der Waals surface area contributed by atoms with Crippen LogP contribution in [0.5, 0.6) is 0 Å². The number of benzene rings is 3. The molecule has 1 saturated heterocycles. The monoisotopic (exact) mass is 511 g/mol. The molecule has 0 spiro atoms. The molecule has 1 aliphatic heterocycles. The maximum absolute atomic E-state index is 13.1. The molecule has 2 heterocycles. The summed E-state index contributed by atoms with van der Waals surface area (Å²) in [5.74, 6) is 0.368. The lowest BCUT2D eigenvalue weighted by Gasteiger charge is -2.14. The Labute approximate surface area is 218 Å². The van der Waals surface area contributed by atoms with Gasteiger partial charge >= 0.3 is 5.97 Å². The van der Waals surface area contributed by atoms with Gasteiger partial charge in [-0.2, -0.15) is 0 Å². The third kappa shape index (κ3) is 5.37. The van der Waals surface area contributed by atoms with Gasteiger partial charge in [-0.15, -0.1) is 0 Å². The van der Waals surface area contributed by atoms with Crippen molar-refractivity contribution in [3.63, 3.8) is 0 Å². The second kappa shape index (κ2) is 10.9. The summed E-state index contributed by atoms with van der Waals surface area (Å²) < 4.78 is 11.2. The number of imide groups is 1. The van der Waals surface area contributed by atoms with E-state index in [1.807, 2.05) is 49.4 Å². The zero-order valence-corrected chi connectivity index (χ0v) is 21.1. The number of hydrogen-bond acceptors (Lipinski definition) is 6. The lowest BCUT2D eigenvalue weighted by Crippen LogP contribution is -2.27. The average Bonchev–Trinajstić information content (AvgIpc) is 3.49. The van der Waals surface area contributed by atoms with Crippen LogP contribution in [0.3, 0.4) is 0 Å². The highest BCUT2D eigenvalue weighted by molar-refractivity contribution is 8.18. The van der Waals surface area contributed by atoms with Gasteiger partial charge in [0.05, 0.1) is 23.6 Å². The SMILES string of the molecule is CCCCOC(=O)c1ccc(-c2ccc(/C=C3/SC(=O)N(Cc4cccc5ccccc45)C3=O)o2)cc1. The Morgan fingerprint density at radius 1 is 0.973 bits per heavy atom. The summed E-state index contributed by atoms with van der Waals surface area (Å²) in [6, 6.07) is 24.3. The summed E-state index contributed by atoms with van der Waals surface area (Å²) in [7, 11) is 0. The van der Waals surface area contributed by atoms with Gasteiger partial charge in [0.1, 0.15) is 11.5 Å². The Morgan fingerprint density at radius 2 is 1.76 bits per heavy atom. The smallest absolute Gasteiger partial charge is 0.338 e. The molecule has 0 bridgehead atoms. The number of carbonyl (C=O) groups excluding carboxylic acids is 3. The van der Waals surface area contributed by atoms with Crippen molar-refractivity contribution in [1.29, 1.82) is 0 Å². The van der Waals surface area contributed by atoms with E-state index in [9.17, 15) is 14.4 Å². The summed E-state index contributed by atoms with van der Waals surface area (Å²) in [6.07, 6.45) is 3.39. The van der Waals surface area contributed by atoms with Crippen LogP contribution in [-0.4, -0.2) is 28.6 Å². The molecule has 186 valence electrons. The Hall–Kier alpha value is -4.10. The van der Waals surface area contributed by atoms with Crippen LogP contribution in [0.2, 0.25) is 0 Å². The van der Waals surface area contributed by atoms with Crippen LogP contribution in [0.4, 0.5) is 4.79 Å². The summed E-state index contributed by atoms with van der Waals surface area (Å²) in [5.41, 5.74) is 2.18. The largest absolute Gasteiger partial charge is 0.462 e. The van der Waals surface area contributed by atoms with E-state index in [-0.39, 0.29) is 23.7 Å². The minimum Gasteiger partial charge on any atom is -0.462 e. The second-order valence-corrected chi connectivity index (χ2v) is 9.67. The van der Waals surface area contributed by atoms with Crippen LogP contribution >= 0.6 is 11.8 Å². The number of rotatable bonds is 8. The third-order valence-corrected chi connectivity index (χ3v) is 7.03. The average molecular weight is 512 g/mol. The van der Waals surface area contributed by atoms with Crippen LogP contribution in [0.15, 0.2) is 88.2 Å². The number of nitrogens with zero attached hydrogens (tertiary/aromatic N) is 1. The molecule has 5 rings (SSSR count). The molecule has 0 saturated carbocycles. The molecule has 7 heteroatoms. The highest BCUT2D eigenvalue weighted by atomic mass is 32.2. The molecular formula is C30H25NO5S. The molecular weight excluding hydrogens is 486 g/mol. The summed E-state index contributed by atoms with van der Waals surface area (Å²) in [5, 5.41) is 1.77. The van der Waals surface area contributed by atoms with Crippen molar-refractivity contribution in [2.24, 2.45) is 0 Å². The van der Waals surface area contributed by atoms with Crippen molar-refractivity contribution < 1.29 is 23.5 Å². The van der Waals surface area contributed by atoms with Crippen LogP contribution in [-0.2, 0) is 16.1 Å². The zero-order valence-electron chi connectivity index (χ0n) is 20.3. The predicted octanol–water partition coefficient (Wildman–Crippen LogP) is 7.29. The van der Waals surface area contributed by atoms with E-state index < -0.39 is 0 Å². The van der Waals surface area contributed by atoms with Gasteiger partial charge in [-0.05, 0) is 58.8 Å². The standard InChI is InChI=1S/C30H25NO5S/c1-2-3-17-35-29(33)22-13-11-21(12-14-22)26-16-15-24(36-26)18-27-28(32)31(30(34)37-27)19-23-9-6-8-20-7-4-5-10-25(20)23/h4-16,18H,2-3,17,19H2,1H3/b27-18+. The molecule has 37 heavy (non-hydrogen) atoms. The van der Waals surface area contributed by atoms with Gasteiger partial charge < -0.3 is 9.15 Å². The first-order valence-electron chi connectivity index (χ1n) is 12.1. The predicted molar refractivity (Wildman–Crippen MR) is 145 cm³/mol. The summed E-state index contributed by atoms with van der Waals surface area (Å²) in [6.45, 7) is 2.66. The molecule has 2 amide bonds. The molecule has 4 aromatic rings. The number of fused-ring (bicyclic) bond motifs is 1. The van der Waals surface area contributed by atoms with Crippen molar-refractivity contribution in [2.45, 2.75) is 26.3 Å². The number of ether oxygens (including phenoxy) is 1. The van der Waals surface area contributed by atoms with Gasteiger partial charge in [-0.1, -0.05) is 67.9 Å². The van der Waals surface area contributed by atoms with Crippen LogP contribution < -0.4 is 0 Å². The number of carbonyl (C=O) groups is 3. The fraction of sp³-hybridized carbons (Fsp3) is 0.167. The van der Waals surface area contributed by atoms with Gasteiger partial charge in [0.2, 0.25) is 0 Å². The minimum absolute atomic E-state index is 0.208. The molecule has 0 aliphatic carbocycles. The lowest BCUT2D eigenvalue weighted by molar-refractivity contribution is -0.123. The molecule has 0 N–H and O–H groups in total. The third-order valence-electron chi connectivity index (χ3n) is 6.12. The number of furan rings is 1. The van der Waals surface area contributed by atoms with E-state index in [0.29, 0.717) is 28.6 Å². The maximum atomic E-state index is 13.1. The number of amides is 2. The number of thioether (sulfide) groups is 1. The van der Waals surface area contributed by atoms with Gasteiger partial charge in [0, 0.05) is 11.6 Å². The molecule has 0 radical (unpaired) electrons. The Morgan fingerprint density at radius 3 is 2.57 bits per heavy atom. The van der Waals surface area contributed by atoms with E-state index in [4.69, 9.17) is 9.15 Å². The normalized spacial score (nSPS) is 14.6. The number of unbranched alkanes of at least 4 members (excludes halogenated alkanes) is 1. The number of esters is 1. The van der Waals surface area contributed by atoms with Gasteiger partial charge in [-0.3, -0.25) is 14.5 Å². The maximum Gasteiger partial charge on any atom is 0.338 e. The molecule has 3 aromatic carbocycles. The lowest BCUT2D eigenvalue weighted by atomic mass is 10.0. The molecule has 0 atom stereocenters. The van der Waals surface area contributed by atoms with Crippen molar-refractivity contribution >= 4 is 45.7 Å². The van der Waals surface area contributed by atoms with Crippen molar-refractivity contribution in [3.05, 3.63) is 101 Å². The van der Waals surface area contributed by atoms with E-state index in [1.54, 1.807) is 42.5 Å². The quantitative estimate of drug-likeness (QED) is 0.140. The fourth-order valence-corrected chi connectivity index (χ4v) is 4.93. The first-order chi connectivity index (χ1) is 18.0. The fourth-order valence-electron chi connectivity index (χ4n) is 4.11. The van der Waals surface area contributed by atoms with E-state index >= 15 is 0 Å². The zero-order chi connectivity index (χ0) is 25.8. The van der Waals surface area contributed by atoms with E-state index in [1.165, 1.54) is 4.90 Å². The molecule has 1 aromatic heterocycles. The highest BCUT2D eigenvalue weighted by Gasteiger charge is 2.35. The Bertz CT molecular complexity index is 1500. The van der Waals surface area contributed by atoms with Crippen molar-refractivity contribution in [2.75, 3.05) is 6.61 Å². The van der Waals surface area contributed by atoms with Gasteiger partial charge in [-0.25, -0.2) is 4.79 Å². The van der Waals surface area contributed by atoms with Crippen LogP contribution in [0.25, 0.3) is 28.2 Å². The van der Waals surface area contributed by atoms with E-state index in [2.05, 4.69) is 0 Å². The minimum atomic E-state index is -0.348. The van der Waals surface area contributed by atoms with Crippen molar-refractivity contribution in [3.8, 4) is 11.3 Å². The topological polar surface area (TPSA) is 76.8 Å². The molecule has 1 fully saturated rings. The second-order valence-electron chi connectivity index (χ2n) is 8.67. The Kier molecular flexibility index (Phi) is 7.23. The first-order valence-corrected chi connectivity index (χ1v) is 12.9. The number of hydrogen-bond donors (Lipinski definition) is 0. The Balaban J connectivity index is 1.29. The van der Waals surface area contributed by atoms with Crippen LogP contribution in [0.1, 0.15) is 41.4 Å². The summed E-state index contributed by atoms with van der Waals surface area (Å²) in [4.78, 5) is 39.4. The highest BCUT2D eigenvalue weighted by Crippen LogP contribution is 2.35. The van der Waals surface area contributed by atoms with Gasteiger partial charge in [0.25, 0.3) is 11.1 Å².